The highest BCUT2D eigenvalue weighted by Gasteiger charge is 2.11. The number of carbonyl (C=O) groups excluding carboxylic acids is 1. The van der Waals surface area contributed by atoms with Crippen molar-refractivity contribution >= 4 is 11.6 Å². The Morgan fingerprint density at radius 2 is 2.44 bits per heavy atom. The van der Waals surface area contributed by atoms with Gasteiger partial charge in [-0.05, 0) is 18.6 Å². The molecule has 2 aromatic heterocycles. The Morgan fingerprint density at radius 1 is 1.61 bits per heavy atom. The summed E-state index contributed by atoms with van der Waals surface area (Å²) in [6.07, 6.45) is 4.06. The van der Waals surface area contributed by atoms with Gasteiger partial charge in [-0.1, -0.05) is 0 Å². The maximum atomic E-state index is 11.8. The van der Waals surface area contributed by atoms with E-state index in [1.807, 2.05) is 0 Å². The van der Waals surface area contributed by atoms with Crippen LogP contribution in [0.25, 0.3) is 5.65 Å². The van der Waals surface area contributed by atoms with Crippen LogP contribution >= 0.6 is 0 Å². The van der Waals surface area contributed by atoms with E-state index in [-0.39, 0.29) is 17.4 Å². The molecule has 2 heterocycles. The summed E-state index contributed by atoms with van der Waals surface area (Å²) in [4.78, 5) is 15.9. The lowest BCUT2D eigenvalue weighted by molar-refractivity contribution is 0.0944. The van der Waals surface area contributed by atoms with Crippen molar-refractivity contribution in [1.29, 1.82) is 0 Å². The fourth-order valence-corrected chi connectivity index (χ4v) is 1.62. The summed E-state index contributed by atoms with van der Waals surface area (Å²) in [5.41, 5.74) is 0.661. The minimum Gasteiger partial charge on any atom is -0.504 e. The Balaban J connectivity index is 2.06. The molecule has 0 bridgehead atoms. The highest BCUT2D eigenvalue weighted by Crippen LogP contribution is 2.16. The third-order valence-corrected chi connectivity index (χ3v) is 2.51. The van der Waals surface area contributed by atoms with Crippen molar-refractivity contribution in [1.82, 2.24) is 14.7 Å². The quantitative estimate of drug-likeness (QED) is 0.769. The Morgan fingerprint density at radius 3 is 3.17 bits per heavy atom. The first-order valence-corrected chi connectivity index (χ1v) is 5.66. The minimum atomic E-state index is -0.255. The summed E-state index contributed by atoms with van der Waals surface area (Å²) >= 11 is 0. The summed E-state index contributed by atoms with van der Waals surface area (Å²) in [7, 11) is 1.62. The predicted octanol–water partition coefficient (Wildman–Crippen LogP) is 0.806. The second-order valence-electron chi connectivity index (χ2n) is 3.85. The van der Waals surface area contributed by atoms with Gasteiger partial charge in [0.15, 0.2) is 11.4 Å². The largest absolute Gasteiger partial charge is 0.504 e. The lowest BCUT2D eigenvalue weighted by atomic mass is 10.4. The van der Waals surface area contributed by atoms with E-state index < -0.39 is 0 Å². The Kier molecular flexibility index (Phi) is 3.78. The molecule has 6 nitrogen and oxygen atoms in total. The number of hydrogen-bond donors (Lipinski definition) is 2. The lowest BCUT2D eigenvalue weighted by Gasteiger charge is -2.01. The molecule has 2 rings (SSSR count). The van der Waals surface area contributed by atoms with Crippen LogP contribution in [0.3, 0.4) is 0 Å². The zero-order chi connectivity index (χ0) is 13.0. The number of aromatic nitrogens is 2. The van der Waals surface area contributed by atoms with Gasteiger partial charge in [0, 0.05) is 32.7 Å². The molecular formula is C12H15N3O3. The normalized spacial score (nSPS) is 10.7. The summed E-state index contributed by atoms with van der Waals surface area (Å²) in [6.45, 7) is 1.14. The molecule has 6 heteroatoms. The van der Waals surface area contributed by atoms with Gasteiger partial charge in [-0.25, -0.2) is 4.98 Å². The van der Waals surface area contributed by atoms with Gasteiger partial charge in [-0.3, -0.25) is 4.79 Å². The van der Waals surface area contributed by atoms with Crippen LogP contribution < -0.4 is 5.32 Å². The third-order valence-electron chi connectivity index (χ3n) is 2.51. The van der Waals surface area contributed by atoms with Crippen molar-refractivity contribution in [2.24, 2.45) is 0 Å². The first kappa shape index (κ1) is 12.4. The number of fused-ring (bicyclic) bond motifs is 1. The fraction of sp³-hybridized carbons (Fsp3) is 0.333. The van der Waals surface area contributed by atoms with Crippen molar-refractivity contribution in [3.8, 4) is 5.75 Å². The number of pyridine rings is 1. The van der Waals surface area contributed by atoms with E-state index in [9.17, 15) is 9.90 Å². The van der Waals surface area contributed by atoms with Crippen LogP contribution in [0.5, 0.6) is 5.75 Å². The molecule has 0 radical (unpaired) electrons. The highest BCUT2D eigenvalue weighted by atomic mass is 16.5. The van der Waals surface area contributed by atoms with E-state index in [4.69, 9.17) is 4.74 Å². The van der Waals surface area contributed by atoms with Crippen LogP contribution in [-0.2, 0) is 4.74 Å². The van der Waals surface area contributed by atoms with Crippen LogP contribution in [0.15, 0.2) is 24.5 Å². The highest BCUT2D eigenvalue weighted by molar-refractivity contribution is 5.93. The number of nitrogens with one attached hydrogen (secondary N) is 1. The van der Waals surface area contributed by atoms with Gasteiger partial charge >= 0.3 is 0 Å². The van der Waals surface area contributed by atoms with Crippen molar-refractivity contribution in [3.05, 3.63) is 30.2 Å². The van der Waals surface area contributed by atoms with Gasteiger partial charge in [0.25, 0.3) is 5.91 Å². The van der Waals surface area contributed by atoms with Crippen molar-refractivity contribution < 1.29 is 14.6 Å². The van der Waals surface area contributed by atoms with Crippen molar-refractivity contribution in [2.45, 2.75) is 6.42 Å². The van der Waals surface area contributed by atoms with Crippen LogP contribution in [0.1, 0.15) is 16.9 Å². The molecule has 0 spiro atoms. The van der Waals surface area contributed by atoms with Crippen molar-refractivity contribution in [2.75, 3.05) is 20.3 Å². The van der Waals surface area contributed by atoms with Gasteiger partial charge < -0.3 is 19.6 Å². The zero-order valence-electron chi connectivity index (χ0n) is 10.1. The molecule has 0 saturated heterocycles. The number of methoxy groups -OCH3 is 1. The smallest absolute Gasteiger partial charge is 0.271 e. The molecule has 2 N–H and O–H groups in total. The third kappa shape index (κ3) is 2.60. The molecule has 96 valence electrons. The van der Waals surface area contributed by atoms with Crippen molar-refractivity contribution in [3.63, 3.8) is 0 Å². The SMILES string of the molecule is COCCCNC(=O)c1cn2cccc(O)c2n1. The second-order valence-corrected chi connectivity index (χ2v) is 3.85. The molecule has 0 aliphatic carbocycles. The summed E-state index contributed by atoms with van der Waals surface area (Å²) in [5.74, 6) is -0.204. The number of imidazole rings is 1. The van der Waals surface area contributed by atoms with E-state index >= 15 is 0 Å². The summed E-state index contributed by atoms with van der Waals surface area (Å²) in [6, 6.07) is 3.22. The standard InChI is InChI=1S/C12H15N3O3/c1-18-7-3-5-13-12(17)9-8-15-6-2-4-10(16)11(15)14-9/h2,4,6,8,16H,3,5,7H2,1H3,(H,13,17). The predicted molar refractivity (Wildman–Crippen MR) is 65.7 cm³/mol. The van der Waals surface area contributed by atoms with E-state index in [1.165, 1.54) is 6.07 Å². The Hall–Kier alpha value is -2.08. The second kappa shape index (κ2) is 5.50. The van der Waals surface area contributed by atoms with E-state index in [2.05, 4.69) is 10.3 Å². The first-order chi connectivity index (χ1) is 8.72. The summed E-state index contributed by atoms with van der Waals surface area (Å²) < 4.78 is 6.50. The van der Waals surface area contributed by atoms with Crippen LogP contribution in [0.2, 0.25) is 0 Å². The van der Waals surface area contributed by atoms with Gasteiger partial charge in [0.2, 0.25) is 0 Å². The molecule has 0 aromatic carbocycles. The monoisotopic (exact) mass is 249 g/mol. The molecule has 0 atom stereocenters. The summed E-state index contributed by atoms with van der Waals surface area (Å²) in [5, 5.41) is 12.3. The molecule has 0 saturated carbocycles. The average Bonchev–Trinajstić information content (AvgIpc) is 2.80. The molecule has 1 amide bonds. The minimum absolute atomic E-state index is 0.0518. The molecule has 0 fully saturated rings. The Bertz CT molecular complexity index is 550. The molecular weight excluding hydrogens is 234 g/mol. The number of rotatable bonds is 5. The van der Waals surface area contributed by atoms with Crippen LogP contribution in [0, 0.1) is 0 Å². The molecule has 2 aromatic rings. The number of aromatic hydroxyl groups is 1. The first-order valence-electron chi connectivity index (χ1n) is 5.66. The molecule has 0 aliphatic heterocycles. The number of ether oxygens (including phenoxy) is 1. The molecule has 18 heavy (non-hydrogen) atoms. The van der Waals surface area contributed by atoms with E-state index in [0.717, 1.165) is 6.42 Å². The molecule has 0 aliphatic rings. The fourth-order valence-electron chi connectivity index (χ4n) is 1.62. The maximum absolute atomic E-state index is 11.8. The van der Waals surface area contributed by atoms with Gasteiger partial charge in [-0.15, -0.1) is 0 Å². The number of amides is 1. The van der Waals surface area contributed by atoms with Gasteiger partial charge in [0.1, 0.15) is 5.69 Å². The topological polar surface area (TPSA) is 75.9 Å². The number of carbonyl (C=O) groups is 1. The van der Waals surface area contributed by atoms with Gasteiger partial charge in [-0.2, -0.15) is 0 Å². The number of nitrogens with zero attached hydrogens (tertiary/aromatic N) is 2. The Labute approximate surface area is 104 Å². The average molecular weight is 249 g/mol. The maximum Gasteiger partial charge on any atom is 0.271 e. The van der Waals surface area contributed by atoms with Crippen LogP contribution in [-0.4, -0.2) is 40.7 Å². The molecule has 0 unspecified atom stereocenters. The van der Waals surface area contributed by atoms with Gasteiger partial charge in [0.05, 0.1) is 0 Å². The van der Waals surface area contributed by atoms with E-state index in [1.54, 1.807) is 30.0 Å². The number of hydrogen-bond acceptors (Lipinski definition) is 4. The zero-order valence-corrected chi connectivity index (χ0v) is 10.1. The van der Waals surface area contributed by atoms with E-state index in [0.29, 0.717) is 18.8 Å². The lowest BCUT2D eigenvalue weighted by Crippen LogP contribution is -2.25. The van der Waals surface area contributed by atoms with Crippen LogP contribution in [0.4, 0.5) is 0 Å².